The average molecular weight is 454 g/mol. The van der Waals surface area contributed by atoms with Gasteiger partial charge in [-0.2, -0.15) is 10.4 Å². The fraction of sp³-hybridized carbons (Fsp3) is 0.815. The molecular weight excluding hydrogens is 414 g/mol. The van der Waals surface area contributed by atoms with Crippen LogP contribution in [0.2, 0.25) is 0 Å². The van der Waals surface area contributed by atoms with Crippen molar-refractivity contribution in [1.82, 2.24) is 9.78 Å². The van der Waals surface area contributed by atoms with Gasteiger partial charge in [0.1, 0.15) is 6.07 Å². The normalized spacial score (nSPS) is 44.4. The van der Waals surface area contributed by atoms with Crippen LogP contribution in [0.25, 0.3) is 0 Å². The quantitative estimate of drug-likeness (QED) is 0.716. The SMILES string of the molecule is COC[C@@]1(O)CC[C@@]2(C)[C@@H](CC[C@@H]3[C@@H]2CC[C@]2(C)[C@@H](C(=O)Cn4cc(C#N)cn4)CC[C@@H]32)C1. The Morgan fingerprint density at radius 1 is 1.18 bits per heavy atom. The minimum Gasteiger partial charge on any atom is -0.387 e. The van der Waals surface area contributed by atoms with Crippen molar-refractivity contribution in [2.45, 2.75) is 83.8 Å². The summed E-state index contributed by atoms with van der Waals surface area (Å²) < 4.78 is 6.99. The van der Waals surface area contributed by atoms with Crippen molar-refractivity contribution in [3.8, 4) is 6.07 Å². The van der Waals surface area contributed by atoms with Gasteiger partial charge in [-0.15, -0.1) is 0 Å². The predicted molar refractivity (Wildman–Crippen MR) is 124 cm³/mol. The van der Waals surface area contributed by atoms with Crippen LogP contribution in [-0.4, -0.2) is 40.0 Å². The highest BCUT2D eigenvalue weighted by Gasteiger charge is 2.62. The second-order valence-corrected chi connectivity index (χ2v) is 12.2. The monoisotopic (exact) mass is 453 g/mol. The van der Waals surface area contributed by atoms with Gasteiger partial charge in [0, 0.05) is 19.2 Å². The van der Waals surface area contributed by atoms with E-state index in [9.17, 15) is 9.90 Å². The van der Waals surface area contributed by atoms with Crippen LogP contribution < -0.4 is 0 Å². The average Bonchev–Trinajstić information content (AvgIpc) is 3.38. The summed E-state index contributed by atoms with van der Waals surface area (Å²) in [6.45, 7) is 5.62. The number of Topliss-reactive ketones (excluding diaryl/α,β-unsaturated/α-hetero) is 1. The van der Waals surface area contributed by atoms with E-state index in [1.165, 1.54) is 25.5 Å². The van der Waals surface area contributed by atoms with E-state index in [4.69, 9.17) is 10.00 Å². The van der Waals surface area contributed by atoms with Crippen LogP contribution in [0.15, 0.2) is 12.4 Å². The van der Waals surface area contributed by atoms with E-state index in [-0.39, 0.29) is 23.7 Å². The molecule has 1 heterocycles. The van der Waals surface area contributed by atoms with Gasteiger partial charge in [-0.25, -0.2) is 0 Å². The van der Waals surface area contributed by atoms with Crippen molar-refractivity contribution in [2.75, 3.05) is 13.7 Å². The standard InChI is InChI=1S/C27H39N3O3/c1-25-10-11-27(32,17-33-3)12-19(25)4-5-20-21-6-7-23(26(21,2)9-8-22(20)25)24(31)16-30-15-18(13-28)14-29-30/h14-15,19-23,32H,4-12,16-17H2,1-3H3/t19-,20-,21-,22-,23+,25-,26-,27+/m0/s1. The molecule has 0 aliphatic heterocycles. The van der Waals surface area contributed by atoms with Gasteiger partial charge in [0.2, 0.25) is 0 Å². The van der Waals surface area contributed by atoms with Crippen molar-refractivity contribution in [1.29, 1.82) is 5.26 Å². The zero-order valence-corrected chi connectivity index (χ0v) is 20.4. The molecule has 6 heteroatoms. The first-order valence-corrected chi connectivity index (χ1v) is 12.9. The maximum absolute atomic E-state index is 13.4. The van der Waals surface area contributed by atoms with Gasteiger partial charge >= 0.3 is 0 Å². The van der Waals surface area contributed by atoms with Gasteiger partial charge < -0.3 is 9.84 Å². The van der Waals surface area contributed by atoms with Crippen LogP contribution in [0, 0.1) is 51.8 Å². The van der Waals surface area contributed by atoms with Gasteiger partial charge in [-0.1, -0.05) is 13.8 Å². The minimum absolute atomic E-state index is 0.0815. The minimum atomic E-state index is -0.655. The second kappa shape index (κ2) is 8.20. The number of hydrogen-bond donors (Lipinski definition) is 1. The molecule has 4 fully saturated rings. The number of fused-ring (bicyclic) bond motifs is 5. The highest BCUT2D eigenvalue weighted by Crippen LogP contribution is 2.68. The van der Waals surface area contributed by atoms with Crippen LogP contribution in [-0.2, 0) is 16.1 Å². The lowest BCUT2D eigenvalue weighted by Gasteiger charge is -2.62. The summed E-state index contributed by atoms with van der Waals surface area (Å²) in [6.07, 6.45) is 12.9. The molecule has 1 aromatic heterocycles. The Bertz CT molecular complexity index is 953. The number of carbonyl (C=O) groups is 1. The summed E-state index contributed by atoms with van der Waals surface area (Å²) in [6, 6.07) is 2.10. The number of carbonyl (C=O) groups excluding carboxylic acids is 1. The zero-order valence-electron chi connectivity index (χ0n) is 20.4. The first-order valence-electron chi connectivity index (χ1n) is 12.9. The van der Waals surface area contributed by atoms with Crippen LogP contribution in [0.4, 0.5) is 0 Å². The number of hydrogen-bond acceptors (Lipinski definition) is 5. The molecule has 33 heavy (non-hydrogen) atoms. The van der Waals surface area contributed by atoms with Crippen molar-refractivity contribution < 1.29 is 14.6 Å². The van der Waals surface area contributed by atoms with E-state index in [0.29, 0.717) is 41.3 Å². The molecule has 8 atom stereocenters. The summed E-state index contributed by atoms with van der Waals surface area (Å²) in [5.74, 6) is 2.99. The molecule has 180 valence electrons. The molecule has 0 radical (unpaired) electrons. The second-order valence-electron chi connectivity index (χ2n) is 12.2. The maximum atomic E-state index is 13.4. The largest absolute Gasteiger partial charge is 0.387 e. The van der Waals surface area contributed by atoms with E-state index in [2.05, 4.69) is 25.0 Å². The Morgan fingerprint density at radius 2 is 1.97 bits per heavy atom. The van der Waals surface area contributed by atoms with E-state index < -0.39 is 5.60 Å². The van der Waals surface area contributed by atoms with E-state index >= 15 is 0 Å². The Hall–Kier alpha value is -1.71. The Balaban J connectivity index is 1.31. The number of rotatable bonds is 5. The van der Waals surface area contributed by atoms with Crippen LogP contribution in [0.1, 0.15) is 77.2 Å². The number of ether oxygens (including phenoxy) is 1. The van der Waals surface area contributed by atoms with Gasteiger partial charge in [-0.3, -0.25) is 9.48 Å². The number of methoxy groups -OCH3 is 1. The number of nitriles is 1. The fourth-order valence-electron chi connectivity index (χ4n) is 9.03. The topological polar surface area (TPSA) is 88.1 Å². The lowest BCUT2D eigenvalue weighted by molar-refractivity contribution is -0.164. The van der Waals surface area contributed by atoms with Crippen molar-refractivity contribution in [3.05, 3.63) is 18.0 Å². The molecular formula is C27H39N3O3. The van der Waals surface area contributed by atoms with Gasteiger partial charge in [0.15, 0.2) is 5.78 Å². The lowest BCUT2D eigenvalue weighted by Crippen LogP contribution is -2.56. The molecule has 0 bridgehead atoms. The molecule has 1 aromatic rings. The molecule has 0 unspecified atom stereocenters. The fourth-order valence-corrected chi connectivity index (χ4v) is 9.03. The molecule has 5 rings (SSSR count). The summed E-state index contributed by atoms with van der Waals surface area (Å²) >= 11 is 0. The molecule has 4 saturated carbocycles. The molecule has 6 nitrogen and oxygen atoms in total. The summed E-state index contributed by atoms with van der Waals surface area (Å²) in [5, 5.41) is 24.3. The van der Waals surface area contributed by atoms with Crippen LogP contribution in [0.5, 0.6) is 0 Å². The smallest absolute Gasteiger partial charge is 0.157 e. The summed E-state index contributed by atoms with van der Waals surface area (Å²) in [5.41, 5.74) is 0.235. The first-order chi connectivity index (χ1) is 15.7. The van der Waals surface area contributed by atoms with Gasteiger partial charge in [-0.05, 0) is 92.3 Å². The third kappa shape index (κ3) is 3.67. The molecule has 0 spiro atoms. The first kappa shape index (κ1) is 23.1. The molecule has 1 N–H and O–H groups in total. The molecule has 0 aromatic carbocycles. The van der Waals surface area contributed by atoms with Crippen LogP contribution >= 0.6 is 0 Å². The van der Waals surface area contributed by atoms with E-state index in [1.807, 2.05) is 0 Å². The molecule has 4 aliphatic rings. The number of nitrogens with zero attached hydrogens (tertiary/aromatic N) is 3. The Labute approximate surface area is 197 Å². The summed E-state index contributed by atoms with van der Waals surface area (Å²) in [4.78, 5) is 13.4. The highest BCUT2D eigenvalue weighted by atomic mass is 16.5. The third-order valence-corrected chi connectivity index (χ3v) is 10.7. The van der Waals surface area contributed by atoms with Gasteiger partial charge in [0.05, 0.1) is 30.5 Å². The number of aliphatic hydroxyl groups is 1. The number of aromatic nitrogens is 2. The van der Waals surface area contributed by atoms with E-state index in [0.717, 1.165) is 38.5 Å². The predicted octanol–water partition coefficient (Wildman–Crippen LogP) is 4.36. The number of ketones is 1. The van der Waals surface area contributed by atoms with Crippen molar-refractivity contribution >= 4 is 5.78 Å². The molecule has 4 aliphatic carbocycles. The third-order valence-electron chi connectivity index (χ3n) is 10.7. The maximum Gasteiger partial charge on any atom is 0.157 e. The molecule has 0 saturated heterocycles. The van der Waals surface area contributed by atoms with Gasteiger partial charge in [0.25, 0.3) is 0 Å². The Kier molecular flexibility index (Phi) is 5.73. The highest BCUT2D eigenvalue weighted by molar-refractivity contribution is 5.82. The molecule has 0 amide bonds. The Morgan fingerprint density at radius 3 is 2.70 bits per heavy atom. The van der Waals surface area contributed by atoms with Crippen molar-refractivity contribution in [3.63, 3.8) is 0 Å². The van der Waals surface area contributed by atoms with E-state index in [1.54, 1.807) is 18.0 Å². The lowest BCUT2D eigenvalue weighted by atomic mass is 9.44. The van der Waals surface area contributed by atoms with Crippen LogP contribution in [0.3, 0.4) is 0 Å². The zero-order chi connectivity index (χ0) is 23.4. The van der Waals surface area contributed by atoms with Crippen molar-refractivity contribution in [2.24, 2.45) is 40.4 Å². The summed E-state index contributed by atoms with van der Waals surface area (Å²) in [7, 11) is 1.69.